The molecule has 12 aromatic rings. The third kappa shape index (κ3) is 13.0. The normalized spacial score (nSPS) is 17.1. The molecule has 3 fully saturated rings. The van der Waals surface area contributed by atoms with Crippen LogP contribution in [0.2, 0.25) is 0 Å². The summed E-state index contributed by atoms with van der Waals surface area (Å²) in [6.45, 7) is 5.94. The molecule has 18 rings (SSSR count). The first-order chi connectivity index (χ1) is 50.3. The zero-order chi connectivity index (χ0) is 70.4. The first-order valence-corrected chi connectivity index (χ1v) is 34.7. The molecule has 6 aliphatic heterocycles. The third-order valence-corrected chi connectivity index (χ3v) is 20.1. The number of piperidine rings is 3. The van der Waals surface area contributed by atoms with Crippen LogP contribution >= 0.6 is 0 Å². The Morgan fingerprint density at radius 3 is 1.43 bits per heavy atom. The van der Waals surface area contributed by atoms with Crippen molar-refractivity contribution in [2.24, 2.45) is 14.1 Å². The number of imidazole rings is 1. The summed E-state index contributed by atoms with van der Waals surface area (Å²) in [4.78, 5) is 81.4. The van der Waals surface area contributed by atoms with Gasteiger partial charge in [0.15, 0.2) is 0 Å². The summed E-state index contributed by atoms with van der Waals surface area (Å²) in [5, 5.41) is 59.7. The van der Waals surface area contributed by atoms with Crippen LogP contribution in [-0.2, 0) is 40.3 Å². The lowest BCUT2D eigenvalue weighted by atomic mass is 9.99. The minimum Gasteiger partial charge on any atom is -0.393 e. The minimum atomic E-state index is -0.297. The van der Waals surface area contributed by atoms with Crippen LogP contribution in [0.25, 0.3) is 61.5 Å². The zero-order valence-electron chi connectivity index (χ0n) is 56.8. The van der Waals surface area contributed by atoms with Gasteiger partial charge in [-0.05, 0) is 129 Å². The number of hydrogen-bond acceptors (Lipinski definition) is 21. The maximum atomic E-state index is 12.8. The zero-order valence-corrected chi connectivity index (χ0v) is 56.8. The van der Waals surface area contributed by atoms with Crippen molar-refractivity contribution in [2.45, 2.75) is 83.1 Å². The van der Waals surface area contributed by atoms with Gasteiger partial charge < -0.3 is 76.2 Å². The first kappa shape index (κ1) is 65.7. The van der Waals surface area contributed by atoms with Crippen molar-refractivity contribution < 1.29 is 34.8 Å². The number of nitrogens with zero attached hydrogens (tertiary/aromatic N) is 14. The number of amides is 3. The molecule has 3 amide bonds. The topological polar surface area (TPSA) is 331 Å². The van der Waals surface area contributed by atoms with Gasteiger partial charge in [0, 0.05) is 143 Å². The Morgan fingerprint density at radius 1 is 0.456 bits per heavy atom. The largest absolute Gasteiger partial charge is 0.393 e. The van der Waals surface area contributed by atoms with E-state index in [0.717, 1.165) is 166 Å². The monoisotopic (exact) mass is 1380 g/mol. The molecule has 10 N–H and O–H groups in total. The number of hydrogen-bond donors (Lipinski definition) is 10. The maximum Gasteiger partial charge on any atom is 0.254 e. The van der Waals surface area contributed by atoms with Crippen LogP contribution in [0.15, 0.2) is 153 Å². The molecular formula is C76H76N20O7. The number of aliphatic hydroxyl groups excluding tert-OH is 4. The summed E-state index contributed by atoms with van der Waals surface area (Å²) in [5.41, 5.74) is 18.0. The van der Waals surface area contributed by atoms with Gasteiger partial charge in [-0.3, -0.25) is 28.8 Å². The van der Waals surface area contributed by atoms with Crippen LogP contribution in [0, 0.1) is 0 Å². The summed E-state index contributed by atoms with van der Waals surface area (Å²) >= 11 is 0. The van der Waals surface area contributed by atoms with Gasteiger partial charge in [-0.15, -0.1) is 0 Å². The van der Waals surface area contributed by atoms with Crippen molar-refractivity contribution in [2.75, 3.05) is 69.9 Å². The van der Waals surface area contributed by atoms with Crippen LogP contribution in [0.5, 0.6) is 0 Å². The highest BCUT2D eigenvalue weighted by atomic mass is 16.3. The van der Waals surface area contributed by atoms with Gasteiger partial charge in [0.25, 0.3) is 17.7 Å². The molecule has 27 nitrogen and oxygen atoms in total. The number of carbonyl (C=O) groups is 3. The van der Waals surface area contributed by atoms with Crippen molar-refractivity contribution in [3.05, 3.63) is 192 Å². The Hall–Kier alpha value is -11.9. The van der Waals surface area contributed by atoms with Crippen LogP contribution in [0.4, 0.5) is 51.6 Å². The molecule has 0 aliphatic carbocycles. The smallest absolute Gasteiger partial charge is 0.254 e. The molecular weight excluding hydrogens is 1300 g/mol. The highest BCUT2D eigenvalue weighted by Crippen LogP contribution is 2.40. The highest BCUT2D eigenvalue weighted by Gasteiger charge is 2.32. The lowest BCUT2D eigenvalue weighted by Gasteiger charge is -2.31. The lowest BCUT2D eigenvalue weighted by molar-refractivity contribution is 0.0958. The minimum absolute atomic E-state index is 0.0386. The van der Waals surface area contributed by atoms with Gasteiger partial charge >= 0.3 is 0 Å². The van der Waals surface area contributed by atoms with Crippen molar-refractivity contribution in [1.82, 2.24) is 69.4 Å². The number of rotatable bonds is 13. The van der Waals surface area contributed by atoms with Crippen LogP contribution in [-0.4, -0.2) is 149 Å². The molecule has 2 atom stereocenters. The second kappa shape index (κ2) is 27.9. The summed E-state index contributed by atoms with van der Waals surface area (Å²) in [6, 6.07) is 27.2. The first-order valence-electron chi connectivity index (χ1n) is 34.7. The van der Waals surface area contributed by atoms with Crippen molar-refractivity contribution >= 4 is 97.0 Å². The number of aliphatic hydroxyl groups is 4. The molecule has 17 heterocycles. The number of benzene rings is 1. The Labute approximate surface area is 591 Å². The molecule has 0 spiro atoms. The van der Waals surface area contributed by atoms with Gasteiger partial charge in [0.2, 0.25) is 0 Å². The van der Waals surface area contributed by atoms with E-state index < -0.39 is 0 Å². The molecule has 103 heavy (non-hydrogen) atoms. The van der Waals surface area contributed by atoms with Crippen molar-refractivity contribution in [3.8, 4) is 33.8 Å². The molecule has 0 unspecified atom stereocenters. The molecule has 0 bridgehead atoms. The Kier molecular flexibility index (Phi) is 17.8. The number of pyridine rings is 8. The van der Waals surface area contributed by atoms with Crippen molar-refractivity contribution in [3.63, 3.8) is 0 Å². The van der Waals surface area contributed by atoms with Gasteiger partial charge in [0.05, 0.1) is 130 Å². The molecule has 3 saturated heterocycles. The van der Waals surface area contributed by atoms with Crippen LogP contribution < -0.4 is 46.6 Å². The van der Waals surface area contributed by atoms with Crippen LogP contribution in [0.3, 0.4) is 0 Å². The molecule has 522 valence electrons. The maximum absolute atomic E-state index is 12.8. The Balaban J connectivity index is 0.000000119. The number of aryl methyl sites for hydroxylation is 2. The van der Waals surface area contributed by atoms with E-state index in [9.17, 15) is 34.8 Å². The highest BCUT2D eigenvalue weighted by molar-refractivity contribution is 6.09. The average Bonchev–Trinajstić information content (AvgIpc) is 1.68. The number of aromatic nitrogens is 11. The summed E-state index contributed by atoms with van der Waals surface area (Å²) < 4.78 is 5.90. The third-order valence-electron chi connectivity index (χ3n) is 20.1. The number of nitrogens with one attached hydrogen (secondary N) is 6. The quantitative estimate of drug-likeness (QED) is 0.0515. The second-order valence-electron chi connectivity index (χ2n) is 26.7. The fourth-order valence-electron chi connectivity index (χ4n) is 14.7. The van der Waals surface area contributed by atoms with E-state index in [1.54, 1.807) is 43.4 Å². The van der Waals surface area contributed by atoms with E-state index in [1.165, 1.54) is 0 Å². The standard InChI is InChI=1S/C26H26N6O3.2C25H25N7O2/c33-15-16-5-10-32-22(14-28-24(32)11-16)19-2-3-21(25-20(19)13-29-26(25)35)30-23-4-1-17(12-27-23)31-8-6-18(34)7-9-31;2*1-31-10-7-18-17(6-8-26-24(18)31)23-19-12-29-25(34)22(19)20(13-28-23)30-21-5-4-15(11-27-21)32-9-2-3-16(33)14-32/h1-5,10-12,14,18,33-34H,6-9,13,15H2,(H,27,30)(H,29,35);2*4-8,10-11,13,16,33H,2-3,9,12,14H2,1H3,(H,27,30)(H,29,34)/t;2*16-/m.10/s1. The van der Waals surface area contributed by atoms with E-state index in [0.29, 0.717) is 83.9 Å². The predicted octanol–water partition coefficient (Wildman–Crippen LogP) is 8.79. The number of carbonyl (C=O) groups excluding carboxylic acids is 3. The molecule has 6 aliphatic rings. The fourth-order valence-corrected chi connectivity index (χ4v) is 14.7. The number of fused-ring (bicyclic) bond motifs is 6. The molecule has 0 saturated carbocycles. The van der Waals surface area contributed by atoms with E-state index in [2.05, 4.69) is 76.5 Å². The predicted molar refractivity (Wildman–Crippen MR) is 393 cm³/mol. The number of β-amino-alcohol motifs (C(OH)–C–C–N with tert-alkyl or cyclic N) is 2. The Bertz CT molecular complexity index is 5010. The number of anilines is 9. The Morgan fingerprint density at radius 2 is 0.942 bits per heavy atom. The molecule has 1 aromatic carbocycles. The molecule has 0 radical (unpaired) electrons. The summed E-state index contributed by atoms with van der Waals surface area (Å²) in [7, 11) is 3.92. The van der Waals surface area contributed by atoms with Gasteiger partial charge in [-0.25, -0.2) is 29.9 Å². The SMILES string of the molecule is Cn1ccc2c(-c3ncc(Nc4ccc(N5CCC[C@@H](O)C5)cn4)c4c3CNC4=O)ccnc21.Cn1ccc2c(-c3ncc(Nc4ccc(N5CCC[C@H](O)C5)cn4)c4c3CNC4=O)ccnc21.O=C1NCc2c(-c3cnc4cc(CO)ccn34)ccc(Nc3ccc(N4CCC(O)CC4)cn3)c21. The van der Waals surface area contributed by atoms with Gasteiger partial charge in [0.1, 0.15) is 34.4 Å². The lowest BCUT2D eigenvalue weighted by Crippen LogP contribution is -2.38. The second-order valence-corrected chi connectivity index (χ2v) is 26.7. The van der Waals surface area contributed by atoms with Crippen molar-refractivity contribution in [1.29, 1.82) is 0 Å². The fraction of sp³-hybridized carbons (Fsp3) is 0.276. The molecule has 27 heteroatoms. The van der Waals surface area contributed by atoms with E-state index in [4.69, 9.17) is 9.97 Å². The molecule has 11 aromatic heterocycles. The van der Waals surface area contributed by atoms with E-state index in [1.807, 2.05) is 137 Å². The van der Waals surface area contributed by atoms with Crippen LogP contribution in [0.1, 0.15) is 91.9 Å². The summed E-state index contributed by atoms with van der Waals surface area (Å²) in [5.74, 6) is 1.55. The average molecular weight is 1380 g/mol. The van der Waals surface area contributed by atoms with Gasteiger partial charge in [-0.2, -0.15) is 0 Å². The van der Waals surface area contributed by atoms with Gasteiger partial charge in [-0.1, -0.05) is 6.07 Å². The van der Waals surface area contributed by atoms with E-state index >= 15 is 0 Å². The van der Waals surface area contributed by atoms with E-state index in [-0.39, 0.29) is 42.6 Å². The summed E-state index contributed by atoms with van der Waals surface area (Å²) in [6.07, 6.45) is 24.3.